The zero-order valence-electron chi connectivity index (χ0n) is 21.6. The number of carbonyl (C=O) groups is 4. The van der Waals surface area contributed by atoms with Gasteiger partial charge in [0.1, 0.15) is 12.1 Å². The van der Waals surface area contributed by atoms with Gasteiger partial charge in [-0.1, -0.05) is 30.3 Å². The fourth-order valence-corrected chi connectivity index (χ4v) is 3.77. The molecule has 0 bridgehead atoms. The number of benzene rings is 1. The van der Waals surface area contributed by atoms with E-state index in [-0.39, 0.29) is 25.7 Å². The highest BCUT2D eigenvalue weighted by atomic mass is 16.4. The molecule has 0 spiro atoms. The van der Waals surface area contributed by atoms with E-state index in [2.05, 4.69) is 25.9 Å². The zero-order valence-corrected chi connectivity index (χ0v) is 21.6. The van der Waals surface area contributed by atoms with Crippen LogP contribution in [-0.4, -0.2) is 75.8 Å². The number of hydrogen-bond acceptors (Lipinski definition) is 8. The summed E-state index contributed by atoms with van der Waals surface area (Å²) in [6.07, 6.45) is 6.10. The molecule has 1 heterocycles. The number of nitrogens with zero attached hydrogens (tertiary/aromatic N) is 1. The van der Waals surface area contributed by atoms with Crippen molar-refractivity contribution in [1.82, 2.24) is 25.9 Å². The Morgan fingerprint density at radius 2 is 1.62 bits per heavy atom. The molecule has 0 aliphatic rings. The average Bonchev–Trinajstić information content (AvgIpc) is 3.44. The lowest BCUT2D eigenvalue weighted by Crippen LogP contribution is -2.57. The minimum atomic E-state index is -1.17. The van der Waals surface area contributed by atoms with Crippen LogP contribution in [0.4, 0.5) is 0 Å². The molecular weight excluding hydrogens is 506 g/mol. The van der Waals surface area contributed by atoms with Crippen LogP contribution in [0.5, 0.6) is 0 Å². The lowest BCUT2D eigenvalue weighted by Gasteiger charge is -2.25. The molecule has 13 nitrogen and oxygen atoms in total. The highest BCUT2D eigenvalue weighted by molar-refractivity contribution is 5.94. The smallest absolute Gasteiger partial charge is 0.303 e. The zero-order chi connectivity index (χ0) is 28.6. The summed E-state index contributed by atoms with van der Waals surface area (Å²) in [7, 11) is 0. The lowest BCUT2D eigenvalue weighted by molar-refractivity contribution is -0.137. The summed E-state index contributed by atoms with van der Waals surface area (Å²) in [4.78, 5) is 68.4. The summed E-state index contributed by atoms with van der Waals surface area (Å²) in [5.41, 5.74) is 12.6. The number of imidazole rings is 1. The van der Waals surface area contributed by atoms with Gasteiger partial charge in [0.2, 0.25) is 24.0 Å². The molecule has 0 aliphatic heterocycles. The normalized spacial score (nSPS) is 13.9. The Kier molecular flexibility index (Phi) is 13.3. The molecule has 0 saturated carbocycles. The molecule has 9 N–H and O–H groups in total. The second-order valence-corrected chi connectivity index (χ2v) is 9.08. The van der Waals surface area contributed by atoms with Gasteiger partial charge >= 0.3 is 5.97 Å². The summed E-state index contributed by atoms with van der Waals surface area (Å²) in [6, 6.07) is 4.71. The Morgan fingerprint density at radius 3 is 2.23 bits per heavy atom. The van der Waals surface area contributed by atoms with Crippen molar-refractivity contribution in [3.8, 4) is 0 Å². The number of amides is 3. The van der Waals surface area contributed by atoms with Gasteiger partial charge in [0, 0.05) is 25.5 Å². The minimum absolute atomic E-state index is 0.0176. The molecule has 39 heavy (non-hydrogen) atoms. The number of hydrogen-bond donors (Lipinski definition) is 7. The SMILES string of the molecule is NCCCC[C@H]([C]=O)NC(=O)[C@H](Cc1ccccc1)NC(=O)[C@H](Cc1c[nH]cn1)NC(=O)[C@@H](N)CCC(=O)O. The molecule has 3 amide bonds. The van der Waals surface area contributed by atoms with E-state index in [1.807, 2.05) is 12.4 Å². The van der Waals surface area contributed by atoms with Crippen molar-refractivity contribution in [2.24, 2.45) is 11.5 Å². The molecule has 0 unspecified atom stereocenters. The van der Waals surface area contributed by atoms with Crippen LogP contribution < -0.4 is 27.4 Å². The van der Waals surface area contributed by atoms with Crippen molar-refractivity contribution in [1.29, 1.82) is 0 Å². The maximum Gasteiger partial charge on any atom is 0.303 e. The fraction of sp³-hybridized carbons (Fsp3) is 0.462. The summed E-state index contributed by atoms with van der Waals surface area (Å²) in [5.74, 6) is -3.09. The van der Waals surface area contributed by atoms with Gasteiger partial charge in [-0.2, -0.15) is 0 Å². The highest BCUT2D eigenvalue weighted by Gasteiger charge is 2.30. The Bertz CT molecular complexity index is 1060. The third-order valence-corrected chi connectivity index (χ3v) is 5.93. The predicted octanol–water partition coefficient (Wildman–Crippen LogP) is -0.920. The van der Waals surface area contributed by atoms with Crippen molar-refractivity contribution in [2.45, 2.75) is 69.1 Å². The van der Waals surface area contributed by atoms with Crippen LogP contribution in [0.1, 0.15) is 43.4 Å². The first kappa shape index (κ1) is 31.1. The van der Waals surface area contributed by atoms with E-state index in [9.17, 15) is 24.0 Å². The molecule has 4 atom stereocenters. The number of carboxylic acid groups (broad SMARTS) is 1. The maximum atomic E-state index is 13.4. The Balaban J connectivity index is 2.20. The Morgan fingerprint density at radius 1 is 0.949 bits per heavy atom. The number of H-pyrrole nitrogens is 1. The maximum absolute atomic E-state index is 13.4. The van der Waals surface area contributed by atoms with E-state index in [1.54, 1.807) is 30.5 Å². The van der Waals surface area contributed by atoms with Crippen molar-refractivity contribution >= 4 is 30.0 Å². The number of aromatic nitrogens is 2. The number of carbonyl (C=O) groups excluding carboxylic acids is 4. The van der Waals surface area contributed by atoms with Crippen molar-refractivity contribution in [3.05, 3.63) is 54.1 Å². The summed E-state index contributed by atoms with van der Waals surface area (Å²) < 4.78 is 0. The molecule has 0 aliphatic carbocycles. The van der Waals surface area contributed by atoms with E-state index < -0.39 is 47.9 Å². The first-order valence-corrected chi connectivity index (χ1v) is 12.7. The van der Waals surface area contributed by atoms with Crippen LogP contribution in [0.25, 0.3) is 0 Å². The van der Waals surface area contributed by atoms with Crippen LogP contribution in [0.2, 0.25) is 0 Å². The number of nitrogens with two attached hydrogens (primary N) is 2. The van der Waals surface area contributed by atoms with Gasteiger partial charge in [0.15, 0.2) is 0 Å². The van der Waals surface area contributed by atoms with Crippen molar-refractivity contribution in [3.63, 3.8) is 0 Å². The molecule has 211 valence electrons. The molecule has 1 radical (unpaired) electrons. The Labute approximate surface area is 226 Å². The minimum Gasteiger partial charge on any atom is -0.481 e. The number of nitrogens with one attached hydrogen (secondary N) is 4. The van der Waals surface area contributed by atoms with Gasteiger partial charge in [-0.05, 0) is 37.8 Å². The fourth-order valence-electron chi connectivity index (χ4n) is 3.77. The number of carboxylic acids is 1. The topological polar surface area (TPSA) is 222 Å². The van der Waals surface area contributed by atoms with Crippen molar-refractivity contribution in [2.75, 3.05) is 6.54 Å². The van der Waals surface area contributed by atoms with Gasteiger partial charge in [0.05, 0.1) is 24.1 Å². The van der Waals surface area contributed by atoms with Gasteiger partial charge < -0.3 is 37.5 Å². The first-order valence-electron chi connectivity index (χ1n) is 12.7. The van der Waals surface area contributed by atoms with E-state index in [4.69, 9.17) is 16.6 Å². The van der Waals surface area contributed by atoms with Crippen molar-refractivity contribution < 1.29 is 29.1 Å². The molecule has 1 aromatic carbocycles. The van der Waals surface area contributed by atoms with Crippen LogP contribution in [0.3, 0.4) is 0 Å². The van der Waals surface area contributed by atoms with Crippen LogP contribution in [0.15, 0.2) is 42.9 Å². The molecule has 0 fully saturated rings. The number of aliphatic carboxylic acids is 1. The van der Waals surface area contributed by atoms with Gasteiger partial charge in [0.25, 0.3) is 0 Å². The van der Waals surface area contributed by atoms with Gasteiger partial charge in [-0.3, -0.25) is 24.0 Å². The lowest BCUT2D eigenvalue weighted by atomic mass is 10.0. The first-order chi connectivity index (χ1) is 18.7. The predicted molar refractivity (Wildman–Crippen MR) is 142 cm³/mol. The molecular formula is C26H36N7O6. The summed E-state index contributed by atoms with van der Waals surface area (Å²) in [5, 5.41) is 16.7. The third-order valence-electron chi connectivity index (χ3n) is 5.93. The summed E-state index contributed by atoms with van der Waals surface area (Å²) >= 11 is 0. The number of aromatic amines is 1. The highest BCUT2D eigenvalue weighted by Crippen LogP contribution is 2.08. The van der Waals surface area contributed by atoms with E-state index >= 15 is 0 Å². The van der Waals surface area contributed by atoms with Crippen LogP contribution in [0, 0.1) is 0 Å². The van der Waals surface area contributed by atoms with Gasteiger partial charge in [-0.25, -0.2) is 4.98 Å². The van der Waals surface area contributed by atoms with E-state index in [1.165, 1.54) is 6.33 Å². The molecule has 2 aromatic rings. The van der Waals surface area contributed by atoms with Crippen LogP contribution >= 0.6 is 0 Å². The second-order valence-electron chi connectivity index (χ2n) is 9.08. The molecule has 13 heteroatoms. The third kappa shape index (κ3) is 11.4. The van der Waals surface area contributed by atoms with Gasteiger partial charge in [-0.15, -0.1) is 0 Å². The Hall–Kier alpha value is -4.10. The largest absolute Gasteiger partial charge is 0.481 e. The van der Waals surface area contributed by atoms with E-state index in [0.717, 1.165) is 5.56 Å². The van der Waals surface area contributed by atoms with Crippen LogP contribution in [-0.2, 0) is 36.8 Å². The quantitative estimate of drug-likeness (QED) is 0.116. The summed E-state index contributed by atoms with van der Waals surface area (Å²) in [6.45, 7) is 0.454. The monoisotopic (exact) mass is 542 g/mol. The number of rotatable bonds is 18. The molecule has 1 aromatic heterocycles. The number of unbranched alkanes of at least 4 members (excludes halogenated alkanes) is 1. The van der Waals surface area contributed by atoms with E-state index in [0.29, 0.717) is 31.5 Å². The second kappa shape index (κ2) is 16.7. The molecule has 2 rings (SSSR count). The average molecular weight is 543 g/mol. The molecule has 0 saturated heterocycles. The standard InChI is InChI=1S/C26H36N7O6/c27-11-5-4-8-18(15-34)31-25(38)21(12-17-6-2-1-3-7-17)33-26(39)22(13-19-14-29-16-30-19)32-24(37)20(28)9-10-23(35)36/h1-3,6-7,14,16,18,20-22H,4-5,8-13,27-28H2,(H,29,30)(H,31,38)(H,32,37)(H,33,39)(H,35,36)/t18-,20+,21+,22+/m1/s1.